The Hall–Kier alpha value is -3.65. The van der Waals surface area contributed by atoms with Crippen molar-refractivity contribution < 1.29 is 19.1 Å². The lowest BCUT2D eigenvalue weighted by Crippen LogP contribution is -2.41. The molecule has 0 bridgehead atoms. The van der Waals surface area contributed by atoms with Gasteiger partial charge in [0, 0.05) is 11.4 Å². The number of rotatable bonds is 7. The second kappa shape index (κ2) is 10.2. The number of nitrogens with one attached hydrogen (secondary N) is 3. The zero-order valence-electron chi connectivity index (χ0n) is 16.3. The van der Waals surface area contributed by atoms with Gasteiger partial charge in [0.15, 0.2) is 0 Å². The summed E-state index contributed by atoms with van der Waals surface area (Å²) >= 11 is 1.34. The molecule has 0 radical (unpaired) electrons. The first-order valence-corrected chi connectivity index (χ1v) is 10.1. The van der Waals surface area contributed by atoms with Gasteiger partial charge in [0.05, 0.1) is 4.88 Å². The van der Waals surface area contributed by atoms with Crippen molar-refractivity contribution in [3.8, 4) is 0 Å². The molecule has 0 saturated carbocycles. The average molecular weight is 423 g/mol. The highest BCUT2D eigenvalue weighted by molar-refractivity contribution is 7.12. The fourth-order valence-corrected chi connectivity index (χ4v) is 3.15. The molecule has 3 amide bonds. The van der Waals surface area contributed by atoms with E-state index in [1.807, 2.05) is 35.7 Å². The molecule has 0 unspecified atom stereocenters. The van der Waals surface area contributed by atoms with E-state index in [4.69, 9.17) is 4.74 Å². The van der Waals surface area contributed by atoms with Crippen molar-refractivity contribution in [1.29, 1.82) is 0 Å². The molecule has 0 aliphatic heterocycles. The van der Waals surface area contributed by atoms with Gasteiger partial charge in [-0.3, -0.25) is 9.59 Å². The van der Waals surface area contributed by atoms with Crippen molar-refractivity contribution in [2.24, 2.45) is 0 Å². The van der Waals surface area contributed by atoms with Crippen LogP contribution in [-0.4, -0.2) is 23.9 Å². The molecule has 3 rings (SSSR count). The van der Waals surface area contributed by atoms with Gasteiger partial charge in [-0.2, -0.15) is 0 Å². The fourth-order valence-electron chi connectivity index (χ4n) is 2.53. The zero-order valence-corrected chi connectivity index (χ0v) is 17.1. The minimum Gasteiger partial charge on any atom is -0.445 e. The van der Waals surface area contributed by atoms with Crippen molar-refractivity contribution in [3.63, 3.8) is 0 Å². The zero-order chi connectivity index (χ0) is 21.3. The summed E-state index contributed by atoms with van der Waals surface area (Å²) in [4.78, 5) is 37.0. The highest BCUT2D eigenvalue weighted by atomic mass is 32.1. The monoisotopic (exact) mass is 423 g/mol. The number of thiophene rings is 1. The van der Waals surface area contributed by atoms with E-state index in [1.165, 1.54) is 11.3 Å². The van der Waals surface area contributed by atoms with E-state index in [0.717, 1.165) is 5.56 Å². The summed E-state index contributed by atoms with van der Waals surface area (Å²) in [5.74, 6) is -0.627. The van der Waals surface area contributed by atoms with E-state index >= 15 is 0 Å². The summed E-state index contributed by atoms with van der Waals surface area (Å²) < 4.78 is 5.12. The molecule has 3 N–H and O–H groups in total. The third-order valence-corrected chi connectivity index (χ3v) is 4.94. The third kappa shape index (κ3) is 6.18. The Balaban J connectivity index is 1.49. The molecule has 8 heteroatoms. The highest BCUT2D eigenvalue weighted by Crippen LogP contribution is 2.18. The highest BCUT2D eigenvalue weighted by Gasteiger charge is 2.17. The molecule has 0 saturated heterocycles. The summed E-state index contributed by atoms with van der Waals surface area (Å²) in [6.07, 6.45) is -0.682. The maximum absolute atomic E-state index is 12.4. The van der Waals surface area contributed by atoms with Crippen LogP contribution in [0.3, 0.4) is 0 Å². The van der Waals surface area contributed by atoms with Gasteiger partial charge >= 0.3 is 6.09 Å². The summed E-state index contributed by atoms with van der Waals surface area (Å²) in [5, 5.41) is 9.81. The fraction of sp³-hybridized carbons (Fsp3) is 0.136. The number of hydrogen-bond donors (Lipinski definition) is 3. The number of ether oxygens (including phenoxy) is 1. The van der Waals surface area contributed by atoms with Crippen LogP contribution in [0.25, 0.3) is 0 Å². The van der Waals surface area contributed by atoms with Crippen LogP contribution in [0.15, 0.2) is 72.1 Å². The van der Waals surface area contributed by atoms with Gasteiger partial charge in [0.1, 0.15) is 12.6 Å². The molecule has 1 aromatic heterocycles. The lowest BCUT2D eigenvalue weighted by atomic mass is 10.2. The lowest BCUT2D eigenvalue weighted by molar-refractivity contribution is -0.117. The molecule has 30 heavy (non-hydrogen) atoms. The number of carbonyl (C=O) groups is 3. The molecule has 0 aliphatic carbocycles. The van der Waals surface area contributed by atoms with E-state index in [0.29, 0.717) is 16.3 Å². The van der Waals surface area contributed by atoms with Crippen molar-refractivity contribution in [2.45, 2.75) is 19.6 Å². The third-order valence-electron chi connectivity index (χ3n) is 4.07. The summed E-state index contributed by atoms with van der Waals surface area (Å²) in [7, 11) is 0. The maximum atomic E-state index is 12.4. The Bertz CT molecular complexity index is 1010. The van der Waals surface area contributed by atoms with Crippen LogP contribution in [-0.2, 0) is 16.1 Å². The van der Waals surface area contributed by atoms with Crippen LogP contribution in [0.4, 0.5) is 16.2 Å². The van der Waals surface area contributed by atoms with Crippen molar-refractivity contribution in [1.82, 2.24) is 5.32 Å². The molecule has 0 fully saturated rings. The lowest BCUT2D eigenvalue weighted by Gasteiger charge is -2.15. The Kier molecular flexibility index (Phi) is 7.18. The molecular formula is C22H21N3O4S. The average Bonchev–Trinajstić information content (AvgIpc) is 3.28. The molecule has 3 aromatic rings. The number of amides is 3. The van der Waals surface area contributed by atoms with Crippen LogP contribution in [0.1, 0.15) is 22.2 Å². The van der Waals surface area contributed by atoms with Gasteiger partial charge in [-0.25, -0.2) is 4.79 Å². The maximum Gasteiger partial charge on any atom is 0.408 e. The predicted molar refractivity (Wildman–Crippen MR) is 117 cm³/mol. The number of benzene rings is 2. The topological polar surface area (TPSA) is 96.5 Å². The van der Waals surface area contributed by atoms with Crippen LogP contribution in [0.5, 0.6) is 0 Å². The smallest absolute Gasteiger partial charge is 0.408 e. The Labute approximate surface area is 178 Å². The number of hydrogen-bond acceptors (Lipinski definition) is 5. The second-order valence-corrected chi connectivity index (χ2v) is 7.38. The molecule has 2 aromatic carbocycles. The normalized spacial score (nSPS) is 11.2. The van der Waals surface area contributed by atoms with E-state index in [-0.39, 0.29) is 12.5 Å². The van der Waals surface area contributed by atoms with Gasteiger partial charge in [0.2, 0.25) is 5.91 Å². The van der Waals surface area contributed by atoms with Gasteiger partial charge in [-0.05, 0) is 42.1 Å². The number of carbonyl (C=O) groups excluding carboxylic acids is 3. The molecule has 1 atom stereocenters. The van der Waals surface area contributed by atoms with Crippen LogP contribution >= 0.6 is 11.3 Å². The predicted octanol–water partition coefficient (Wildman–Crippen LogP) is 4.25. The molecular weight excluding hydrogens is 402 g/mol. The number of alkyl carbamates (subject to hydrolysis) is 1. The van der Waals surface area contributed by atoms with Crippen molar-refractivity contribution in [3.05, 3.63) is 82.6 Å². The Morgan fingerprint density at radius 1 is 0.933 bits per heavy atom. The molecule has 1 heterocycles. The van der Waals surface area contributed by atoms with E-state index < -0.39 is 18.0 Å². The first kappa shape index (κ1) is 21.1. The largest absolute Gasteiger partial charge is 0.445 e. The van der Waals surface area contributed by atoms with Crippen LogP contribution in [0.2, 0.25) is 0 Å². The van der Waals surface area contributed by atoms with Crippen molar-refractivity contribution in [2.75, 3.05) is 10.6 Å². The Morgan fingerprint density at radius 2 is 1.67 bits per heavy atom. The molecule has 7 nitrogen and oxygen atoms in total. The molecule has 154 valence electrons. The minimum absolute atomic E-state index is 0.118. The summed E-state index contributed by atoms with van der Waals surface area (Å²) in [6, 6.07) is 18.8. The van der Waals surface area contributed by atoms with Crippen LogP contribution < -0.4 is 16.0 Å². The van der Waals surface area contributed by atoms with Gasteiger partial charge in [0.25, 0.3) is 5.91 Å². The first-order chi connectivity index (χ1) is 14.5. The quantitative estimate of drug-likeness (QED) is 0.529. The Morgan fingerprint density at radius 3 is 2.37 bits per heavy atom. The SMILES string of the molecule is C[C@H](NC(=O)OCc1ccccc1)C(=O)Nc1cccc(NC(=O)c2cccs2)c1. The minimum atomic E-state index is -0.808. The van der Waals surface area contributed by atoms with E-state index in [2.05, 4.69) is 16.0 Å². The summed E-state index contributed by atoms with van der Waals surface area (Å²) in [5.41, 5.74) is 1.90. The van der Waals surface area contributed by atoms with E-state index in [1.54, 1.807) is 43.3 Å². The molecule has 0 spiro atoms. The van der Waals surface area contributed by atoms with Gasteiger partial charge < -0.3 is 20.7 Å². The molecule has 0 aliphatic rings. The second-order valence-electron chi connectivity index (χ2n) is 6.43. The van der Waals surface area contributed by atoms with E-state index in [9.17, 15) is 14.4 Å². The van der Waals surface area contributed by atoms with Crippen LogP contribution in [0, 0.1) is 0 Å². The first-order valence-electron chi connectivity index (χ1n) is 9.24. The standard InChI is InChI=1S/C22H21N3O4S/c1-15(23-22(28)29-14-16-7-3-2-4-8-16)20(26)24-17-9-5-10-18(13-17)25-21(27)19-11-6-12-30-19/h2-13,15H,14H2,1H3,(H,23,28)(H,24,26)(H,25,27)/t15-/m0/s1. The summed E-state index contributed by atoms with van der Waals surface area (Å²) in [6.45, 7) is 1.68. The van der Waals surface area contributed by atoms with Crippen molar-refractivity contribution >= 4 is 40.6 Å². The van der Waals surface area contributed by atoms with Gasteiger partial charge in [-0.1, -0.05) is 42.5 Å². The number of anilines is 2. The van der Waals surface area contributed by atoms with Gasteiger partial charge in [-0.15, -0.1) is 11.3 Å².